The van der Waals surface area contributed by atoms with E-state index in [4.69, 9.17) is 4.74 Å². The van der Waals surface area contributed by atoms with Crippen LogP contribution in [-0.2, 0) is 9.53 Å². The summed E-state index contributed by atoms with van der Waals surface area (Å²) in [5, 5.41) is 2.93. The van der Waals surface area contributed by atoms with Gasteiger partial charge in [-0.2, -0.15) is 0 Å². The van der Waals surface area contributed by atoms with Crippen LogP contribution in [0.1, 0.15) is 40.0 Å². The molecule has 1 heterocycles. The van der Waals surface area contributed by atoms with E-state index in [2.05, 4.69) is 16.2 Å². The molecule has 0 aromatic carbocycles. The van der Waals surface area contributed by atoms with Crippen molar-refractivity contribution in [3.05, 3.63) is 0 Å². The summed E-state index contributed by atoms with van der Waals surface area (Å²) in [4.78, 5) is 22.9. The normalized spacial score (nSPS) is 25.6. The monoisotopic (exact) mass is 241 g/mol. The first-order valence-electron chi connectivity index (χ1n) is 5.86. The molecule has 2 aliphatic rings. The SMILES string of the molecule is CC(C)(C)OC(=O)NNC1CC2(CC2)NC1=O. The number of carbonyl (C=O) groups excluding carboxylic acids is 2. The van der Waals surface area contributed by atoms with Gasteiger partial charge in [0, 0.05) is 5.54 Å². The average Bonchev–Trinajstić information content (AvgIpc) is 2.80. The van der Waals surface area contributed by atoms with E-state index in [0.29, 0.717) is 0 Å². The predicted molar refractivity (Wildman–Crippen MR) is 61.0 cm³/mol. The fraction of sp³-hybridized carbons (Fsp3) is 0.818. The molecule has 0 aromatic heterocycles. The molecule has 2 rings (SSSR count). The van der Waals surface area contributed by atoms with Crippen molar-refractivity contribution >= 4 is 12.0 Å². The molecule has 1 atom stereocenters. The van der Waals surface area contributed by atoms with Crippen LogP contribution in [0, 0.1) is 0 Å². The Bertz CT molecular complexity index is 344. The summed E-state index contributed by atoms with van der Waals surface area (Å²) in [7, 11) is 0. The first-order valence-corrected chi connectivity index (χ1v) is 5.86. The van der Waals surface area contributed by atoms with E-state index in [0.717, 1.165) is 19.3 Å². The van der Waals surface area contributed by atoms with Crippen LogP contribution in [0.2, 0.25) is 0 Å². The maximum Gasteiger partial charge on any atom is 0.422 e. The van der Waals surface area contributed by atoms with Crippen LogP contribution >= 0.6 is 0 Å². The highest BCUT2D eigenvalue weighted by molar-refractivity contribution is 5.86. The quantitative estimate of drug-likeness (QED) is 0.613. The van der Waals surface area contributed by atoms with Gasteiger partial charge in [0.2, 0.25) is 5.91 Å². The highest BCUT2D eigenvalue weighted by atomic mass is 16.6. The molecular formula is C11H19N3O3. The summed E-state index contributed by atoms with van der Waals surface area (Å²) in [6.45, 7) is 5.36. The molecule has 3 N–H and O–H groups in total. The minimum atomic E-state index is -0.568. The van der Waals surface area contributed by atoms with Gasteiger partial charge in [-0.05, 0) is 40.0 Å². The lowest BCUT2D eigenvalue weighted by Crippen LogP contribution is -2.49. The second kappa shape index (κ2) is 3.87. The van der Waals surface area contributed by atoms with Gasteiger partial charge < -0.3 is 10.1 Å². The summed E-state index contributed by atoms with van der Waals surface area (Å²) in [6, 6.07) is -0.356. The number of ether oxygens (including phenoxy) is 1. The van der Waals surface area contributed by atoms with Gasteiger partial charge in [0.25, 0.3) is 0 Å². The Morgan fingerprint density at radius 3 is 2.59 bits per heavy atom. The lowest BCUT2D eigenvalue weighted by atomic mass is 10.1. The van der Waals surface area contributed by atoms with Crippen LogP contribution in [0.3, 0.4) is 0 Å². The smallest absolute Gasteiger partial charge is 0.422 e. The van der Waals surface area contributed by atoms with Crippen molar-refractivity contribution in [2.45, 2.75) is 57.2 Å². The van der Waals surface area contributed by atoms with Crippen molar-refractivity contribution in [2.24, 2.45) is 0 Å². The standard InChI is InChI=1S/C11H19N3O3/c1-10(2,3)17-9(16)14-13-7-6-11(4-5-11)12-8(7)15/h7,13H,4-6H2,1-3H3,(H,12,15)(H,14,16). The number of amides is 2. The van der Waals surface area contributed by atoms with Gasteiger partial charge in [-0.25, -0.2) is 10.2 Å². The molecule has 6 heteroatoms. The summed E-state index contributed by atoms with van der Waals surface area (Å²) < 4.78 is 5.06. The van der Waals surface area contributed by atoms with E-state index in [1.807, 2.05) is 0 Å². The van der Waals surface area contributed by atoms with Gasteiger partial charge >= 0.3 is 6.09 Å². The Morgan fingerprint density at radius 2 is 2.12 bits per heavy atom. The summed E-state index contributed by atoms with van der Waals surface area (Å²) >= 11 is 0. The Balaban J connectivity index is 1.75. The highest BCUT2D eigenvalue weighted by Gasteiger charge is 2.52. The fourth-order valence-corrected chi connectivity index (χ4v) is 1.93. The predicted octanol–water partition coefficient (Wildman–Crippen LogP) is 0.437. The van der Waals surface area contributed by atoms with Crippen LogP contribution in [0.25, 0.3) is 0 Å². The molecule has 1 aliphatic heterocycles. The van der Waals surface area contributed by atoms with E-state index >= 15 is 0 Å². The third-order valence-electron chi connectivity index (χ3n) is 2.90. The second-order valence-corrected chi connectivity index (χ2v) is 5.80. The molecule has 2 fully saturated rings. The zero-order chi connectivity index (χ0) is 12.7. The van der Waals surface area contributed by atoms with Crippen LogP contribution < -0.4 is 16.2 Å². The number of hydrogen-bond acceptors (Lipinski definition) is 4. The Hall–Kier alpha value is -1.30. The van der Waals surface area contributed by atoms with E-state index in [9.17, 15) is 9.59 Å². The number of rotatable bonds is 2. The summed E-state index contributed by atoms with van der Waals surface area (Å²) in [6.07, 6.45) is 2.22. The van der Waals surface area contributed by atoms with Gasteiger partial charge in [-0.15, -0.1) is 0 Å². The lowest BCUT2D eigenvalue weighted by Gasteiger charge is -2.20. The first-order chi connectivity index (χ1) is 7.80. The van der Waals surface area contributed by atoms with Gasteiger partial charge in [-0.3, -0.25) is 10.2 Å². The van der Waals surface area contributed by atoms with E-state index < -0.39 is 11.7 Å². The second-order valence-electron chi connectivity index (χ2n) is 5.80. The molecule has 0 bridgehead atoms. The summed E-state index contributed by atoms with van der Waals surface area (Å²) in [5.74, 6) is -0.0569. The number of carbonyl (C=O) groups is 2. The molecule has 2 amide bonds. The van der Waals surface area contributed by atoms with Crippen molar-refractivity contribution in [3.8, 4) is 0 Å². The molecule has 1 aliphatic carbocycles. The molecule has 1 saturated heterocycles. The molecule has 1 spiro atoms. The van der Waals surface area contributed by atoms with Crippen molar-refractivity contribution in [3.63, 3.8) is 0 Å². The van der Waals surface area contributed by atoms with Crippen LogP contribution in [0.5, 0.6) is 0 Å². The number of hydrazine groups is 1. The maximum absolute atomic E-state index is 11.6. The third kappa shape index (κ3) is 3.09. The minimum absolute atomic E-state index is 0.00433. The van der Waals surface area contributed by atoms with Crippen molar-refractivity contribution < 1.29 is 14.3 Å². The third-order valence-corrected chi connectivity index (χ3v) is 2.90. The molecule has 96 valence electrons. The summed E-state index contributed by atoms with van der Waals surface area (Å²) in [5.41, 5.74) is 4.58. The zero-order valence-corrected chi connectivity index (χ0v) is 10.4. The molecule has 0 radical (unpaired) electrons. The molecule has 1 saturated carbocycles. The van der Waals surface area contributed by atoms with Crippen LogP contribution in [-0.4, -0.2) is 29.2 Å². The van der Waals surface area contributed by atoms with Crippen LogP contribution in [0.15, 0.2) is 0 Å². The molecular weight excluding hydrogens is 222 g/mol. The first kappa shape index (κ1) is 12.2. The molecule has 1 unspecified atom stereocenters. The van der Waals surface area contributed by atoms with Gasteiger partial charge in [-0.1, -0.05) is 0 Å². The Morgan fingerprint density at radius 1 is 1.47 bits per heavy atom. The van der Waals surface area contributed by atoms with E-state index in [-0.39, 0.29) is 17.5 Å². The fourth-order valence-electron chi connectivity index (χ4n) is 1.93. The highest BCUT2D eigenvalue weighted by Crippen LogP contribution is 2.42. The Kier molecular flexibility index (Phi) is 2.77. The number of hydrogen-bond donors (Lipinski definition) is 3. The Labute approximate surface area is 100 Å². The van der Waals surface area contributed by atoms with Crippen molar-refractivity contribution in [1.82, 2.24) is 16.2 Å². The van der Waals surface area contributed by atoms with Gasteiger partial charge in [0.1, 0.15) is 11.6 Å². The van der Waals surface area contributed by atoms with Gasteiger partial charge in [0.15, 0.2) is 0 Å². The van der Waals surface area contributed by atoms with E-state index in [1.165, 1.54) is 0 Å². The molecule has 6 nitrogen and oxygen atoms in total. The van der Waals surface area contributed by atoms with Crippen LogP contribution in [0.4, 0.5) is 4.79 Å². The average molecular weight is 241 g/mol. The maximum atomic E-state index is 11.6. The van der Waals surface area contributed by atoms with Crippen molar-refractivity contribution in [2.75, 3.05) is 0 Å². The minimum Gasteiger partial charge on any atom is -0.443 e. The topological polar surface area (TPSA) is 79.5 Å². The number of nitrogens with one attached hydrogen (secondary N) is 3. The van der Waals surface area contributed by atoms with Crippen molar-refractivity contribution in [1.29, 1.82) is 0 Å². The zero-order valence-electron chi connectivity index (χ0n) is 10.4. The van der Waals surface area contributed by atoms with E-state index in [1.54, 1.807) is 20.8 Å². The molecule has 0 aromatic rings. The largest absolute Gasteiger partial charge is 0.443 e. The lowest BCUT2D eigenvalue weighted by molar-refractivity contribution is -0.121. The van der Waals surface area contributed by atoms with Gasteiger partial charge in [0.05, 0.1) is 0 Å². The molecule has 17 heavy (non-hydrogen) atoms.